The zero-order chi connectivity index (χ0) is 51.8. The summed E-state index contributed by atoms with van der Waals surface area (Å²) in [6, 6.07) is 12.7. The van der Waals surface area contributed by atoms with Crippen molar-refractivity contribution in [3.63, 3.8) is 0 Å². The Morgan fingerprint density at radius 1 is 0.958 bits per heavy atom. The average molecular weight is 1040 g/mol. The molecule has 3 fully saturated rings. The number of nitrogens with one attached hydrogen (secondary N) is 3. The Balaban J connectivity index is 0.799. The molecule has 72 heavy (non-hydrogen) atoms. The van der Waals surface area contributed by atoms with Crippen molar-refractivity contribution in [2.24, 2.45) is 16.1 Å². The molecule has 2 aromatic carbocycles. The second-order valence-electron chi connectivity index (χ2n) is 20.9. The van der Waals surface area contributed by atoms with Crippen LogP contribution in [0.4, 0.5) is 0 Å². The maximum Gasteiger partial charge on any atom is 0.246 e. The number of benzene rings is 2. The molecule has 386 valence electrons. The summed E-state index contributed by atoms with van der Waals surface area (Å²) in [5.74, 6) is 0.225. The number of fused-ring (bicyclic) bond motifs is 3. The van der Waals surface area contributed by atoms with Gasteiger partial charge in [0.05, 0.1) is 43.0 Å². The molecule has 5 atom stereocenters. The number of aliphatic imine (C=N–C) groups is 1. The van der Waals surface area contributed by atoms with E-state index in [0.29, 0.717) is 36.8 Å². The Bertz CT molecular complexity index is 2710. The lowest BCUT2D eigenvalue weighted by Gasteiger charge is -2.40. The predicted octanol–water partition coefficient (Wildman–Crippen LogP) is 6.70. The fourth-order valence-electron chi connectivity index (χ4n) is 10.2. The third-order valence-electron chi connectivity index (χ3n) is 14.4. The van der Waals surface area contributed by atoms with E-state index < -0.39 is 35.6 Å². The van der Waals surface area contributed by atoms with Crippen molar-refractivity contribution in [1.29, 1.82) is 0 Å². The van der Waals surface area contributed by atoms with E-state index in [1.54, 1.807) is 23.1 Å². The molecule has 0 bridgehead atoms. The summed E-state index contributed by atoms with van der Waals surface area (Å²) in [6.07, 6.45) is 4.29. The molecule has 4 aromatic rings. The molecule has 2 aromatic heterocycles. The van der Waals surface area contributed by atoms with Crippen LogP contribution < -0.4 is 21.7 Å². The first-order chi connectivity index (χ1) is 34.2. The fraction of sp³-hybridized carbons (Fsp3) is 0.528. The lowest BCUT2D eigenvalue weighted by Crippen LogP contribution is -2.59. The zero-order valence-corrected chi connectivity index (χ0v) is 45.1. The van der Waals surface area contributed by atoms with Gasteiger partial charge in [-0.1, -0.05) is 68.8 Å². The molecule has 19 heteroatoms. The van der Waals surface area contributed by atoms with E-state index in [-0.39, 0.29) is 67.9 Å². The van der Waals surface area contributed by atoms with Crippen LogP contribution in [0.25, 0.3) is 9.91 Å². The van der Waals surface area contributed by atoms with Crippen molar-refractivity contribution in [2.45, 2.75) is 142 Å². The maximum absolute atomic E-state index is 14.3. The number of aliphatic hydroxyl groups excluding tert-OH is 1. The molecular weight excluding hydrogens is 972 g/mol. The number of amides is 4. The Labute approximate surface area is 436 Å². The van der Waals surface area contributed by atoms with E-state index in [1.807, 2.05) is 101 Å². The van der Waals surface area contributed by atoms with Crippen LogP contribution in [-0.4, -0.2) is 128 Å². The molecule has 0 spiro atoms. The highest BCUT2D eigenvalue weighted by Crippen LogP contribution is 2.40. The summed E-state index contributed by atoms with van der Waals surface area (Å²) >= 11 is 9.53. The Hall–Kier alpha value is -5.11. The van der Waals surface area contributed by atoms with E-state index in [4.69, 9.17) is 27.1 Å². The number of β-amino-alcohol motifs (C(OH)–C–C–N with tert-alkyl or cyclic N) is 1. The number of hydrogen-bond acceptors (Lipinski definition) is 13. The number of hydrogen-bond donors (Lipinski definition) is 5. The summed E-state index contributed by atoms with van der Waals surface area (Å²) in [5, 5.41) is 30.6. The van der Waals surface area contributed by atoms with Gasteiger partial charge >= 0.3 is 0 Å². The van der Waals surface area contributed by atoms with Crippen LogP contribution in [-0.2, 0) is 23.9 Å². The van der Waals surface area contributed by atoms with Gasteiger partial charge in [0, 0.05) is 63.7 Å². The molecule has 0 unspecified atom stereocenters. The van der Waals surface area contributed by atoms with Crippen LogP contribution in [0.3, 0.4) is 0 Å². The van der Waals surface area contributed by atoms with Crippen molar-refractivity contribution in [2.75, 3.05) is 32.4 Å². The van der Waals surface area contributed by atoms with E-state index in [0.717, 1.165) is 67.8 Å². The SMILES string of the molecule is CS/C(=C(/C)N)c1ccc([C@H](C)NC(=O)[C@@H]2C[C@@H](O)CN2C(=O)[C@@H](NC(=O)CN2CCC(OC3CC(NC(=O)C[C@@H]4N=C(c5ccc(Cl)cc5)c5c(sc(C)c5C)-n5c(C)nnc54)C3)CC2)C(C)(C)C)cc1. The molecule has 1 aliphatic carbocycles. The van der Waals surface area contributed by atoms with E-state index in [2.05, 4.69) is 44.9 Å². The van der Waals surface area contributed by atoms with Gasteiger partial charge in [0.15, 0.2) is 5.82 Å². The summed E-state index contributed by atoms with van der Waals surface area (Å²) in [5.41, 5.74) is 11.9. The van der Waals surface area contributed by atoms with Crippen LogP contribution in [0.15, 0.2) is 59.2 Å². The number of piperidine rings is 1. The molecule has 8 rings (SSSR count). The Morgan fingerprint density at radius 2 is 1.64 bits per heavy atom. The Morgan fingerprint density at radius 3 is 2.28 bits per heavy atom. The number of aryl methyl sites for hydroxylation is 2. The van der Waals surface area contributed by atoms with Gasteiger partial charge in [-0.3, -0.25) is 33.6 Å². The van der Waals surface area contributed by atoms with Crippen LogP contribution in [0.2, 0.25) is 5.02 Å². The summed E-state index contributed by atoms with van der Waals surface area (Å²) < 4.78 is 8.55. The first-order valence-electron chi connectivity index (χ1n) is 24.9. The van der Waals surface area contributed by atoms with Gasteiger partial charge in [-0.2, -0.15) is 0 Å². The highest BCUT2D eigenvalue weighted by atomic mass is 35.5. The number of nitrogens with two attached hydrogens (primary N) is 1. The number of nitrogens with zero attached hydrogens (tertiary/aromatic N) is 6. The number of allylic oxidation sites excluding steroid dienone is 1. The molecule has 5 heterocycles. The van der Waals surface area contributed by atoms with E-state index >= 15 is 0 Å². The topological polar surface area (TPSA) is 209 Å². The standard InChI is InChI=1S/C53H69ClN10O6S2/c1-28-31(4)72-52-45(28)46(34-14-16-36(54)17-15-34)58-41(49-61-60-32(5)64(49)52)25-43(66)57-37-22-40(23-37)70-39-18-20-62(21-19-39)27-44(67)59-48(53(6,7)8)51(69)63-26-38(65)24-42(63)50(68)56-30(3)33-10-12-35(13-11-33)47(71-9)29(2)55/h10-17,30,37-42,48,65H,18-27,55H2,1-9H3,(H,56,68)(H,57,66)(H,59,67)/b47-29-/t30-,37?,38+,40?,41-,42-,48+/m0/s1. The zero-order valence-electron chi connectivity index (χ0n) is 42.8. The van der Waals surface area contributed by atoms with Crippen LogP contribution in [0, 0.1) is 26.2 Å². The number of aliphatic hydroxyl groups is 1. The average Bonchev–Trinajstić information content (AvgIpc) is 3.97. The summed E-state index contributed by atoms with van der Waals surface area (Å²) in [7, 11) is 0. The van der Waals surface area contributed by atoms with Gasteiger partial charge in [0.1, 0.15) is 29.0 Å². The molecule has 0 radical (unpaired) electrons. The fourth-order valence-corrected chi connectivity index (χ4v) is 12.3. The van der Waals surface area contributed by atoms with Crippen molar-refractivity contribution < 1.29 is 29.0 Å². The number of halogens is 1. The van der Waals surface area contributed by atoms with Crippen molar-refractivity contribution in [3.05, 3.63) is 104 Å². The molecule has 4 amide bonds. The highest BCUT2D eigenvalue weighted by molar-refractivity contribution is 8.07. The highest BCUT2D eigenvalue weighted by Gasteiger charge is 2.45. The number of thioether (sulfide) groups is 1. The van der Waals surface area contributed by atoms with Crippen molar-refractivity contribution in [1.82, 2.24) is 40.5 Å². The largest absolute Gasteiger partial charge is 0.401 e. The normalized spacial score (nSPS) is 22.6. The number of thiophene rings is 1. The second-order valence-corrected chi connectivity index (χ2v) is 23.4. The summed E-state index contributed by atoms with van der Waals surface area (Å²) in [6.45, 7) is 16.9. The van der Waals surface area contributed by atoms with Crippen LogP contribution >= 0.6 is 34.7 Å². The molecule has 4 aliphatic rings. The minimum absolute atomic E-state index is 0.00455. The molecular formula is C53H69ClN10O6S2. The molecule has 16 nitrogen and oxygen atoms in total. The van der Waals surface area contributed by atoms with Gasteiger partial charge in [0.25, 0.3) is 0 Å². The number of ether oxygens (including phenoxy) is 1. The van der Waals surface area contributed by atoms with Crippen LogP contribution in [0.1, 0.15) is 130 Å². The lowest BCUT2D eigenvalue weighted by molar-refractivity contribution is -0.144. The van der Waals surface area contributed by atoms with Crippen molar-refractivity contribution in [3.8, 4) is 5.00 Å². The molecule has 1 saturated carbocycles. The van der Waals surface area contributed by atoms with E-state index in [9.17, 15) is 24.3 Å². The minimum Gasteiger partial charge on any atom is -0.401 e. The number of carbonyl (C=O) groups is 4. The monoisotopic (exact) mass is 1040 g/mol. The van der Waals surface area contributed by atoms with Gasteiger partial charge in [0.2, 0.25) is 23.6 Å². The third-order valence-corrected chi connectivity index (χ3v) is 16.8. The third kappa shape index (κ3) is 11.8. The first-order valence-corrected chi connectivity index (χ1v) is 27.3. The van der Waals surface area contributed by atoms with Crippen LogP contribution in [0.5, 0.6) is 0 Å². The second kappa shape index (κ2) is 22.2. The summed E-state index contributed by atoms with van der Waals surface area (Å²) in [4.78, 5) is 66.3. The number of carbonyl (C=O) groups excluding carboxylic acids is 4. The molecule has 3 aliphatic heterocycles. The van der Waals surface area contributed by atoms with Crippen molar-refractivity contribution >= 4 is 68.9 Å². The molecule has 2 saturated heterocycles. The smallest absolute Gasteiger partial charge is 0.246 e. The number of rotatable bonds is 15. The first kappa shape index (κ1) is 53.2. The minimum atomic E-state index is -0.924. The van der Waals surface area contributed by atoms with Gasteiger partial charge in [-0.25, -0.2) is 0 Å². The molecule has 6 N–H and O–H groups in total. The van der Waals surface area contributed by atoms with Gasteiger partial charge in [-0.15, -0.1) is 33.3 Å². The number of likely N-dealkylation sites (tertiary alicyclic amines) is 2. The van der Waals surface area contributed by atoms with E-state index in [1.165, 1.54) is 9.78 Å². The lowest BCUT2D eigenvalue weighted by atomic mass is 9.85. The Kier molecular flexibility index (Phi) is 16.4. The quantitative estimate of drug-likeness (QED) is 0.0847. The van der Waals surface area contributed by atoms with Gasteiger partial charge < -0.3 is 36.4 Å². The number of aromatic nitrogens is 3. The van der Waals surface area contributed by atoms with Gasteiger partial charge in [-0.05, 0) is 101 Å². The maximum atomic E-state index is 14.3. The predicted molar refractivity (Wildman–Crippen MR) is 284 cm³/mol.